The van der Waals surface area contributed by atoms with Gasteiger partial charge in [-0.15, -0.1) is 0 Å². The van der Waals surface area contributed by atoms with Crippen LogP contribution in [0, 0.1) is 0 Å². The lowest BCUT2D eigenvalue weighted by molar-refractivity contribution is -0.0186. The molecule has 1 aromatic heterocycles. The number of rotatable bonds is 8. The molecule has 1 N–H and O–H groups in total. The minimum Gasteiger partial charge on any atom is -0.374 e. The summed E-state index contributed by atoms with van der Waals surface area (Å²) in [6.07, 6.45) is 4.68. The van der Waals surface area contributed by atoms with E-state index >= 15 is 0 Å². The first-order valence-electron chi connectivity index (χ1n) is 8.39. The van der Waals surface area contributed by atoms with E-state index in [9.17, 15) is 0 Å². The van der Waals surface area contributed by atoms with Gasteiger partial charge in [-0.3, -0.25) is 4.98 Å². The van der Waals surface area contributed by atoms with Gasteiger partial charge in [-0.2, -0.15) is 0 Å². The summed E-state index contributed by atoms with van der Waals surface area (Å²) in [5.41, 5.74) is 3.67. The molecule has 1 heterocycles. The van der Waals surface area contributed by atoms with Gasteiger partial charge in [0.25, 0.3) is 0 Å². The zero-order chi connectivity index (χ0) is 16.7. The fourth-order valence-electron chi connectivity index (χ4n) is 2.33. The first-order valence-corrected chi connectivity index (χ1v) is 8.39. The molecule has 3 heteroatoms. The highest BCUT2D eigenvalue weighted by atomic mass is 16.5. The monoisotopic (exact) mass is 312 g/mol. The molecule has 1 unspecified atom stereocenters. The first-order chi connectivity index (χ1) is 11.0. The minimum absolute atomic E-state index is 0.0306. The standard InChI is InChI=1S/C20H28N2O/c1-5-20(3,4)23-15-14-22-16(2)17-6-8-18(9-7-17)19-10-12-21-13-11-19/h6-13,16,22H,5,14-15H2,1-4H3. The zero-order valence-corrected chi connectivity index (χ0v) is 14.7. The van der Waals surface area contributed by atoms with Crippen LogP contribution in [0.4, 0.5) is 0 Å². The van der Waals surface area contributed by atoms with E-state index in [-0.39, 0.29) is 5.60 Å². The Bertz CT molecular complexity index is 578. The number of hydrogen-bond acceptors (Lipinski definition) is 3. The summed E-state index contributed by atoms with van der Waals surface area (Å²) in [7, 11) is 0. The molecule has 0 saturated heterocycles. The van der Waals surface area contributed by atoms with Crippen molar-refractivity contribution in [3.8, 4) is 11.1 Å². The molecule has 1 aromatic carbocycles. The summed E-state index contributed by atoms with van der Waals surface area (Å²) in [6.45, 7) is 10.2. The lowest BCUT2D eigenvalue weighted by Gasteiger charge is -2.24. The highest BCUT2D eigenvalue weighted by Gasteiger charge is 2.14. The Kier molecular flexibility index (Phi) is 6.31. The third-order valence-electron chi connectivity index (χ3n) is 4.32. The van der Waals surface area contributed by atoms with Gasteiger partial charge in [-0.1, -0.05) is 31.2 Å². The number of ether oxygens (including phenoxy) is 1. The van der Waals surface area contributed by atoms with Crippen molar-refractivity contribution in [1.29, 1.82) is 0 Å². The molecular weight excluding hydrogens is 284 g/mol. The van der Waals surface area contributed by atoms with E-state index in [0.717, 1.165) is 19.6 Å². The number of hydrogen-bond donors (Lipinski definition) is 1. The molecule has 0 bridgehead atoms. The van der Waals surface area contributed by atoms with E-state index in [1.54, 1.807) is 0 Å². The third kappa shape index (κ3) is 5.45. The molecule has 0 radical (unpaired) electrons. The van der Waals surface area contributed by atoms with Crippen molar-refractivity contribution in [2.45, 2.75) is 45.8 Å². The molecule has 124 valence electrons. The minimum atomic E-state index is -0.0306. The third-order valence-corrected chi connectivity index (χ3v) is 4.32. The molecule has 2 rings (SSSR count). The van der Waals surface area contributed by atoms with E-state index in [0.29, 0.717) is 6.04 Å². The van der Waals surface area contributed by atoms with Crippen molar-refractivity contribution in [2.75, 3.05) is 13.2 Å². The zero-order valence-electron chi connectivity index (χ0n) is 14.7. The van der Waals surface area contributed by atoms with Crippen LogP contribution >= 0.6 is 0 Å². The molecule has 23 heavy (non-hydrogen) atoms. The predicted octanol–water partition coefficient (Wildman–Crippen LogP) is 4.60. The Morgan fingerprint density at radius 3 is 2.26 bits per heavy atom. The predicted molar refractivity (Wildman–Crippen MR) is 96.4 cm³/mol. The average molecular weight is 312 g/mol. The highest BCUT2D eigenvalue weighted by molar-refractivity contribution is 5.62. The Hall–Kier alpha value is -1.71. The Morgan fingerprint density at radius 2 is 1.65 bits per heavy atom. The second-order valence-corrected chi connectivity index (χ2v) is 6.50. The fourth-order valence-corrected chi connectivity index (χ4v) is 2.33. The lowest BCUT2D eigenvalue weighted by Crippen LogP contribution is -2.29. The smallest absolute Gasteiger partial charge is 0.0624 e. The summed E-state index contributed by atoms with van der Waals surface area (Å²) in [5.74, 6) is 0. The van der Waals surface area contributed by atoms with Crippen LogP contribution in [0.3, 0.4) is 0 Å². The van der Waals surface area contributed by atoms with E-state index in [1.165, 1.54) is 16.7 Å². The van der Waals surface area contributed by atoms with E-state index in [1.807, 2.05) is 24.5 Å². The molecule has 3 nitrogen and oxygen atoms in total. The van der Waals surface area contributed by atoms with E-state index in [4.69, 9.17) is 4.74 Å². The second-order valence-electron chi connectivity index (χ2n) is 6.50. The Morgan fingerprint density at radius 1 is 1.04 bits per heavy atom. The fraction of sp³-hybridized carbons (Fsp3) is 0.450. The van der Waals surface area contributed by atoms with Crippen molar-refractivity contribution in [2.24, 2.45) is 0 Å². The number of aromatic nitrogens is 1. The molecule has 0 aliphatic carbocycles. The summed E-state index contributed by atoms with van der Waals surface area (Å²) >= 11 is 0. The summed E-state index contributed by atoms with van der Waals surface area (Å²) in [5, 5.41) is 3.52. The molecule has 0 fully saturated rings. The van der Waals surface area contributed by atoms with Gasteiger partial charge in [0.2, 0.25) is 0 Å². The first kappa shape index (κ1) is 17.6. The number of pyridine rings is 1. The van der Waals surface area contributed by atoms with Crippen LogP contribution in [0.15, 0.2) is 48.8 Å². The van der Waals surface area contributed by atoms with Crippen LogP contribution in [0.2, 0.25) is 0 Å². The maximum absolute atomic E-state index is 5.87. The highest BCUT2D eigenvalue weighted by Crippen LogP contribution is 2.21. The average Bonchev–Trinajstić information content (AvgIpc) is 2.59. The largest absolute Gasteiger partial charge is 0.374 e. The number of nitrogens with zero attached hydrogens (tertiary/aromatic N) is 1. The number of benzene rings is 1. The quantitative estimate of drug-likeness (QED) is 0.723. The topological polar surface area (TPSA) is 34.1 Å². The van der Waals surface area contributed by atoms with Gasteiger partial charge >= 0.3 is 0 Å². The van der Waals surface area contributed by atoms with E-state index in [2.05, 4.69) is 62.3 Å². The van der Waals surface area contributed by atoms with Crippen LogP contribution in [0.25, 0.3) is 11.1 Å². The van der Waals surface area contributed by atoms with Crippen LogP contribution in [-0.2, 0) is 4.74 Å². The molecule has 0 amide bonds. The van der Waals surface area contributed by atoms with E-state index < -0.39 is 0 Å². The summed E-state index contributed by atoms with van der Waals surface area (Å²) in [4.78, 5) is 4.06. The van der Waals surface area contributed by atoms with Gasteiger partial charge in [0, 0.05) is 25.0 Å². The van der Waals surface area contributed by atoms with Crippen molar-refractivity contribution in [1.82, 2.24) is 10.3 Å². The SMILES string of the molecule is CCC(C)(C)OCCNC(C)c1ccc(-c2ccncc2)cc1. The van der Waals surface area contributed by atoms with Gasteiger partial charge in [0.1, 0.15) is 0 Å². The van der Waals surface area contributed by atoms with Crippen molar-refractivity contribution in [3.05, 3.63) is 54.4 Å². The molecule has 2 aromatic rings. The molecule has 0 aliphatic heterocycles. The molecule has 0 aliphatic rings. The molecule has 1 atom stereocenters. The Labute approximate surface area is 140 Å². The van der Waals surface area contributed by atoms with Gasteiger partial charge in [-0.25, -0.2) is 0 Å². The van der Waals surface area contributed by atoms with Crippen LogP contribution < -0.4 is 5.32 Å². The summed E-state index contributed by atoms with van der Waals surface area (Å²) < 4.78 is 5.87. The maximum atomic E-state index is 5.87. The Balaban J connectivity index is 1.85. The molecule has 0 spiro atoms. The second kappa shape index (κ2) is 8.23. The maximum Gasteiger partial charge on any atom is 0.0624 e. The van der Waals surface area contributed by atoms with Crippen molar-refractivity contribution >= 4 is 0 Å². The van der Waals surface area contributed by atoms with Crippen molar-refractivity contribution in [3.63, 3.8) is 0 Å². The van der Waals surface area contributed by atoms with Gasteiger partial charge in [0.05, 0.1) is 12.2 Å². The normalized spacial score (nSPS) is 13.0. The van der Waals surface area contributed by atoms with Gasteiger partial charge in [0.15, 0.2) is 0 Å². The van der Waals surface area contributed by atoms with Crippen LogP contribution in [0.5, 0.6) is 0 Å². The molecular formula is C20H28N2O. The van der Waals surface area contributed by atoms with Crippen LogP contribution in [-0.4, -0.2) is 23.7 Å². The number of nitrogens with one attached hydrogen (secondary N) is 1. The van der Waals surface area contributed by atoms with Gasteiger partial charge < -0.3 is 10.1 Å². The summed E-state index contributed by atoms with van der Waals surface area (Å²) in [6, 6.07) is 13.1. The van der Waals surface area contributed by atoms with Crippen LogP contribution in [0.1, 0.15) is 45.7 Å². The lowest BCUT2D eigenvalue weighted by atomic mass is 10.0. The van der Waals surface area contributed by atoms with Gasteiger partial charge in [-0.05, 0) is 56.0 Å². The van der Waals surface area contributed by atoms with Crippen molar-refractivity contribution < 1.29 is 4.74 Å². The molecule has 0 saturated carbocycles.